The Labute approximate surface area is 111 Å². The van der Waals surface area contributed by atoms with Gasteiger partial charge in [-0.05, 0) is 36.5 Å². The number of hydrogen-bond acceptors (Lipinski definition) is 3. The second-order valence-corrected chi connectivity index (χ2v) is 5.66. The highest BCUT2D eigenvalue weighted by Gasteiger charge is 2.55. The average Bonchev–Trinajstić information content (AvgIpc) is 2.69. The molecule has 1 amide bonds. The highest BCUT2D eigenvalue weighted by molar-refractivity contribution is 6.00. The number of fused-ring (bicyclic) bond motifs is 3. The van der Waals surface area contributed by atoms with Crippen molar-refractivity contribution in [3.05, 3.63) is 29.3 Å². The van der Waals surface area contributed by atoms with Gasteiger partial charge in [-0.1, -0.05) is 6.07 Å². The molecule has 4 rings (SSSR count). The van der Waals surface area contributed by atoms with E-state index >= 15 is 0 Å². The van der Waals surface area contributed by atoms with Crippen LogP contribution >= 0.6 is 0 Å². The maximum absolute atomic E-state index is 12.2. The first-order valence-electron chi connectivity index (χ1n) is 6.75. The van der Waals surface area contributed by atoms with Crippen molar-refractivity contribution in [2.75, 3.05) is 12.0 Å². The van der Waals surface area contributed by atoms with Gasteiger partial charge in [0.25, 0.3) is 0 Å². The lowest BCUT2D eigenvalue weighted by Crippen LogP contribution is -2.54. The molecule has 4 nitrogen and oxygen atoms in total. The third kappa shape index (κ3) is 1.29. The van der Waals surface area contributed by atoms with Crippen LogP contribution in [-0.2, 0) is 9.53 Å². The first-order chi connectivity index (χ1) is 9.20. The number of hydrogen-bond donors (Lipinski definition) is 0. The van der Waals surface area contributed by atoms with Crippen molar-refractivity contribution >= 4 is 17.6 Å². The van der Waals surface area contributed by atoms with Gasteiger partial charge in [-0.15, -0.1) is 0 Å². The fourth-order valence-electron chi connectivity index (χ4n) is 3.93. The smallest absolute Gasteiger partial charge is 0.337 e. The van der Waals surface area contributed by atoms with Crippen LogP contribution in [-0.4, -0.2) is 25.0 Å². The lowest BCUT2D eigenvalue weighted by atomic mass is 9.65. The summed E-state index contributed by atoms with van der Waals surface area (Å²) in [6, 6.07) is 5.97. The van der Waals surface area contributed by atoms with Gasteiger partial charge in [-0.2, -0.15) is 0 Å². The van der Waals surface area contributed by atoms with E-state index in [1.165, 1.54) is 19.1 Å². The van der Waals surface area contributed by atoms with E-state index < -0.39 is 0 Å². The number of nitrogens with zero attached hydrogens (tertiary/aromatic N) is 1. The van der Waals surface area contributed by atoms with Crippen molar-refractivity contribution in [1.29, 1.82) is 0 Å². The molecule has 1 aliphatic carbocycles. The van der Waals surface area contributed by atoms with Crippen LogP contribution in [0.3, 0.4) is 0 Å². The van der Waals surface area contributed by atoms with Crippen LogP contribution in [0.5, 0.6) is 0 Å². The summed E-state index contributed by atoms with van der Waals surface area (Å²) in [6.45, 7) is 0. The first kappa shape index (κ1) is 11.0. The van der Waals surface area contributed by atoms with E-state index in [-0.39, 0.29) is 11.9 Å². The van der Waals surface area contributed by atoms with Gasteiger partial charge in [-0.3, -0.25) is 4.79 Å². The van der Waals surface area contributed by atoms with Crippen LogP contribution < -0.4 is 4.90 Å². The number of carbonyl (C=O) groups is 2. The molecule has 2 fully saturated rings. The Morgan fingerprint density at radius 1 is 1.42 bits per heavy atom. The van der Waals surface area contributed by atoms with E-state index in [4.69, 9.17) is 4.74 Å². The number of ether oxygens (including phenoxy) is 1. The Morgan fingerprint density at radius 3 is 3.05 bits per heavy atom. The zero-order valence-corrected chi connectivity index (χ0v) is 10.8. The topological polar surface area (TPSA) is 46.6 Å². The van der Waals surface area contributed by atoms with Crippen LogP contribution in [0.1, 0.15) is 41.1 Å². The second-order valence-electron chi connectivity index (χ2n) is 5.66. The first-order valence-corrected chi connectivity index (χ1v) is 6.75. The Balaban J connectivity index is 1.82. The molecule has 3 atom stereocenters. The molecule has 1 saturated carbocycles. The van der Waals surface area contributed by atoms with Gasteiger partial charge in [0, 0.05) is 24.1 Å². The zero-order chi connectivity index (χ0) is 13.1. The number of methoxy groups -OCH3 is 1. The van der Waals surface area contributed by atoms with Crippen molar-refractivity contribution in [2.45, 2.75) is 31.2 Å². The number of piperidine rings is 1. The Kier molecular flexibility index (Phi) is 2.08. The van der Waals surface area contributed by atoms with Crippen LogP contribution in [0.15, 0.2) is 18.2 Å². The molecule has 0 radical (unpaired) electrons. The normalized spacial score (nSPS) is 30.5. The summed E-state index contributed by atoms with van der Waals surface area (Å²) >= 11 is 0. The Bertz CT molecular complexity index is 595. The molecule has 1 aromatic carbocycles. The minimum Gasteiger partial charge on any atom is -0.465 e. The number of amides is 1. The number of esters is 1. The van der Waals surface area contributed by atoms with Crippen LogP contribution in [0.25, 0.3) is 0 Å². The Hall–Kier alpha value is -1.84. The lowest BCUT2D eigenvalue weighted by molar-refractivity contribution is -0.122. The fraction of sp³-hybridized carbons (Fsp3) is 0.467. The van der Waals surface area contributed by atoms with Crippen LogP contribution in [0.2, 0.25) is 0 Å². The average molecular weight is 257 g/mol. The maximum atomic E-state index is 12.2. The number of rotatable bonds is 1. The van der Waals surface area contributed by atoms with E-state index in [9.17, 15) is 9.59 Å². The molecule has 0 N–H and O–H groups in total. The molecule has 0 bridgehead atoms. The third-order valence-corrected chi connectivity index (χ3v) is 4.86. The third-order valence-electron chi connectivity index (χ3n) is 4.86. The summed E-state index contributed by atoms with van der Waals surface area (Å²) in [5.74, 6) is 0.988. The summed E-state index contributed by atoms with van der Waals surface area (Å²) in [5.41, 5.74) is 2.69. The molecule has 1 saturated heterocycles. The summed E-state index contributed by atoms with van der Waals surface area (Å²) in [4.78, 5) is 25.7. The van der Waals surface area contributed by atoms with Gasteiger partial charge in [0.15, 0.2) is 0 Å². The van der Waals surface area contributed by atoms with E-state index in [0.717, 1.165) is 12.1 Å². The standard InChI is InChI=1S/C15H15NO3/c1-19-15(18)9-2-4-10-11-6-8-3-5-13(17)16(14(8)11)12(10)7-9/h2,4,7-8,11,14H,3,5-6H2,1H3/t8-,11-,14-/m0/s1. The molecule has 4 heteroatoms. The molecular weight excluding hydrogens is 242 g/mol. The van der Waals surface area contributed by atoms with Gasteiger partial charge in [-0.25, -0.2) is 4.79 Å². The van der Waals surface area contributed by atoms with Crippen LogP contribution in [0, 0.1) is 5.92 Å². The monoisotopic (exact) mass is 257 g/mol. The van der Waals surface area contributed by atoms with E-state index in [1.54, 1.807) is 6.07 Å². The number of benzene rings is 1. The summed E-state index contributed by atoms with van der Waals surface area (Å²) in [6.07, 6.45) is 2.84. The van der Waals surface area contributed by atoms with E-state index in [1.807, 2.05) is 17.0 Å². The van der Waals surface area contributed by atoms with Crippen LogP contribution in [0.4, 0.5) is 5.69 Å². The molecule has 0 unspecified atom stereocenters. The van der Waals surface area contributed by atoms with Gasteiger partial charge < -0.3 is 9.64 Å². The second kappa shape index (κ2) is 3.59. The highest BCUT2D eigenvalue weighted by Crippen LogP contribution is 2.58. The van der Waals surface area contributed by atoms with Crippen molar-refractivity contribution in [1.82, 2.24) is 0 Å². The Morgan fingerprint density at radius 2 is 2.26 bits per heavy atom. The molecular formula is C15H15NO3. The minimum atomic E-state index is -0.344. The van der Waals surface area contributed by atoms with Crippen molar-refractivity contribution in [3.8, 4) is 0 Å². The highest BCUT2D eigenvalue weighted by atomic mass is 16.5. The van der Waals surface area contributed by atoms with Gasteiger partial charge in [0.1, 0.15) is 0 Å². The van der Waals surface area contributed by atoms with Gasteiger partial charge in [0.05, 0.1) is 12.7 Å². The summed E-state index contributed by atoms with van der Waals surface area (Å²) in [5, 5.41) is 0. The zero-order valence-electron chi connectivity index (χ0n) is 10.8. The fourth-order valence-corrected chi connectivity index (χ4v) is 3.93. The molecule has 1 aromatic rings. The molecule has 0 spiro atoms. The quantitative estimate of drug-likeness (QED) is 0.724. The van der Waals surface area contributed by atoms with Crippen molar-refractivity contribution in [2.24, 2.45) is 5.92 Å². The van der Waals surface area contributed by atoms with Crippen molar-refractivity contribution in [3.63, 3.8) is 0 Å². The number of carbonyl (C=O) groups excluding carboxylic acids is 2. The maximum Gasteiger partial charge on any atom is 0.337 e. The molecule has 19 heavy (non-hydrogen) atoms. The predicted octanol–water partition coefficient (Wildman–Crippen LogP) is 2.09. The number of anilines is 1. The van der Waals surface area contributed by atoms with Gasteiger partial charge >= 0.3 is 5.97 Å². The van der Waals surface area contributed by atoms with E-state index in [0.29, 0.717) is 29.9 Å². The lowest BCUT2D eigenvalue weighted by Gasteiger charge is -2.47. The minimum absolute atomic E-state index is 0.201. The largest absolute Gasteiger partial charge is 0.465 e. The van der Waals surface area contributed by atoms with Crippen molar-refractivity contribution < 1.29 is 14.3 Å². The predicted molar refractivity (Wildman–Crippen MR) is 69.1 cm³/mol. The summed E-state index contributed by atoms with van der Waals surface area (Å²) in [7, 11) is 1.38. The van der Waals surface area contributed by atoms with E-state index in [2.05, 4.69) is 0 Å². The van der Waals surface area contributed by atoms with Gasteiger partial charge in [0.2, 0.25) is 5.91 Å². The molecule has 2 heterocycles. The molecule has 2 aliphatic heterocycles. The SMILES string of the molecule is COC(=O)c1ccc2c(c1)N1C(=O)CC[C@H]3C[C@@H]2[C@H]31. The molecule has 3 aliphatic rings. The summed E-state index contributed by atoms with van der Waals surface area (Å²) < 4.78 is 4.75. The molecule has 98 valence electrons. The molecule has 0 aromatic heterocycles.